The number of hydrogen-bond donors (Lipinski definition) is 0. The van der Waals surface area contributed by atoms with Crippen molar-refractivity contribution in [1.29, 1.82) is 5.26 Å². The van der Waals surface area contributed by atoms with E-state index >= 15 is 0 Å². The molecule has 2 aliphatic rings. The van der Waals surface area contributed by atoms with Crippen molar-refractivity contribution in [2.24, 2.45) is 0 Å². The van der Waals surface area contributed by atoms with Crippen LogP contribution in [0.25, 0.3) is 0 Å². The molecule has 0 heterocycles. The molecule has 0 saturated heterocycles. The lowest BCUT2D eigenvalue weighted by Crippen LogP contribution is -2.53. The van der Waals surface area contributed by atoms with Crippen molar-refractivity contribution in [2.45, 2.75) is 69.5 Å². The fourth-order valence-corrected chi connectivity index (χ4v) is 4.43. The van der Waals surface area contributed by atoms with E-state index in [4.69, 9.17) is 11.6 Å². The maximum absolute atomic E-state index is 13.1. The van der Waals surface area contributed by atoms with E-state index in [1.54, 1.807) is 4.90 Å². The van der Waals surface area contributed by atoms with Gasteiger partial charge in [0.25, 0.3) is 0 Å². The summed E-state index contributed by atoms with van der Waals surface area (Å²) in [5.41, 5.74) is 0.433. The van der Waals surface area contributed by atoms with E-state index in [0.717, 1.165) is 55.5 Å². The summed E-state index contributed by atoms with van der Waals surface area (Å²) < 4.78 is 0. The summed E-state index contributed by atoms with van der Waals surface area (Å²) >= 11 is 6.39. The fraction of sp³-hybridized carbons (Fsp3) is 0.619. The van der Waals surface area contributed by atoms with Crippen molar-refractivity contribution in [3.05, 3.63) is 34.9 Å². The molecule has 3 rings (SSSR count). The fourth-order valence-electron chi connectivity index (χ4n) is 4.14. The third-order valence-corrected chi connectivity index (χ3v) is 6.44. The largest absolute Gasteiger partial charge is 0.326 e. The minimum atomic E-state index is -0.627. The van der Waals surface area contributed by atoms with Crippen molar-refractivity contribution < 1.29 is 4.79 Å². The molecule has 1 unspecified atom stereocenters. The van der Waals surface area contributed by atoms with Crippen LogP contribution in [0.3, 0.4) is 0 Å². The van der Waals surface area contributed by atoms with Crippen LogP contribution in [0.5, 0.6) is 0 Å². The molecule has 0 spiro atoms. The van der Waals surface area contributed by atoms with Crippen LogP contribution in [-0.2, 0) is 4.79 Å². The maximum atomic E-state index is 13.1. The van der Waals surface area contributed by atoms with Crippen LogP contribution in [0.4, 0.5) is 0 Å². The minimum Gasteiger partial charge on any atom is -0.326 e. The first-order valence-electron chi connectivity index (χ1n) is 9.66. The second kappa shape index (κ2) is 7.98. The van der Waals surface area contributed by atoms with Crippen molar-refractivity contribution in [2.75, 3.05) is 13.6 Å². The molecule has 1 atom stereocenters. The van der Waals surface area contributed by atoms with Gasteiger partial charge in [-0.15, -0.1) is 0 Å². The zero-order valence-corrected chi connectivity index (χ0v) is 16.5. The van der Waals surface area contributed by atoms with Crippen LogP contribution < -0.4 is 0 Å². The van der Waals surface area contributed by atoms with Gasteiger partial charge < -0.3 is 4.90 Å². The van der Waals surface area contributed by atoms with Gasteiger partial charge in [0.15, 0.2) is 0 Å². The molecule has 0 bridgehead atoms. The lowest BCUT2D eigenvalue weighted by atomic mass is 9.81. The Kier molecular flexibility index (Phi) is 5.89. The van der Waals surface area contributed by atoms with Gasteiger partial charge in [-0.3, -0.25) is 9.69 Å². The first kappa shape index (κ1) is 19.2. The molecule has 1 aromatic carbocycles. The van der Waals surface area contributed by atoms with Crippen LogP contribution in [0, 0.1) is 11.3 Å². The normalized spacial score (nSPS) is 20.4. The summed E-state index contributed by atoms with van der Waals surface area (Å²) in [5, 5.41) is 10.5. The second-order valence-electron chi connectivity index (χ2n) is 7.76. The van der Waals surface area contributed by atoms with E-state index in [1.807, 2.05) is 31.3 Å². The molecule has 1 aromatic rings. The monoisotopic (exact) mass is 373 g/mol. The Hall–Kier alpha value is -1.57. The standard InChI is InChI=1S/C21H28ClN3O/c1-16(18-8-4-5-9-19(18)22)25(17-10-11-17)14-20(26)24(2)21(15-23)12-6-3-7-13-21/h4-5,8-9,16-17H,3,6-7,10-14H2,1-2H3. The summed E-state index contributed by atoms with van der Waals surface area (Å²) in [5.74, 6) is 0.0410. The van der Waals surface area contributed by atoms with Gasteiger partial charge in [-0.05, 0) is 44.2 Å². The van der Waals surface area contributed by atoms with E-state index < -0.39 is 5.54 Å². The minimum absolute atomic E-state index is 0.0410. The topological polar surface area (TPSA) is 47.3 Å². The van der Waals surface area contributed by atoms with Crippen LogP contribution in [-0.4, -0.2) is 40.9 Å². The molecule has 2 saturated carbocycles. The molecular formula is C21H28ClN3O. The Morgan fingerprint density at radius 3 is 2.54 bits per heavy atom. The highest BCUT2D eigenvalue weighted by atomic mass is 35.5. The number of nitriles is 1. The highest BCUT2D eigenvalue weighted by molar-refractivity contribution is 6.31. The zero-order valence-electron chi connectivity index (χ0n) is 15.7. The Bertz CT molecular complexity index is 689. The highest BCUT2D eigenvalue weighted by Gasteiger charge is 2.41. The predicted octanol–water partition coefficient (Wildman–Crippen LogP) is 4.55. The lowest BCUT2D eigenvalue weighted by molar-refractivity contribution is -0.136. The molecule has 0 aliphatic heterocycles. The number of rotatable bonds is 6. The zero-order chi connectivity index (χ0) is 18.7. The molecular weight excluding hydrogens is 346 g/mol. The number of likely N-dealkylation sites (N-methyl/N-ethyl adjacent to an activating group) is 1. The Morgan fingerprint density at radius 2 is 1.96 bits per heavy atom. The van der Waals surface area contributed by atoms with Gasteiger partial charge in [0.05, 0.1) is 12.6 Å². The third-order valence-electron chi connectivity index (χ3n) is 6.09. The van der Waals surface area contributed by atoms with Crippen molar-refractivity contribution >= 4 is 17.5 Å². The highest BCUT2D eigenvalue weighted by Crippen LogP contribution is 2.37. The summed E-state index contributed by atoms with van der Waals surface area (Å²) in [6, 6.07) is 10.8. The summed E-state index contributed by atoms with van der Waals surface area (Å²) in [6.45, 7) is 2.46. The van der Waals surface area contributed by atoms with Gasteiger partial charge in [0, 0.05) is 24.2 Å². The second-order valence-corrected chi connectivity index (χ2v) is 8.16. The number of hydrogen-bond acceptors (Lipinski definition) is 3. The number of carbonyl (C=O) groups excluding carboxylic acids is 1. The van der Waals surface area contributed by atoms with Crippen LogP contribution in [0.1, 0.15) is 63.5 Å². The number of benzene rings is 1. The van der Waals surface area contributed by atoms with Crippen molar-refractivity contribution in [3.8, 4) is 6.07 Å². The Balaban J connectivity index is 1.75. The quantitative estimate of drug-likeness (QED) is 0.734. The van der Waals surface area contributed by atoms with Gasteiger partial charge >= 0.3 is 0 Å². The van der Waals surface area contributed by atoms with Crippen molar-refractivity contribution in [3.63, 3.8) is 0 Å². The number of amides is 1. The molecule has 26 heavy (non-hydrogen) atoms. The van der Waals surface area contributed by atoms with E-state index in [9.17, 15) is 10.1 Å². The van der Waals surface area contributed by atoms with E-state index in [-0.39, 0.29) is 11.9 Å². The Morgan fingerprint density at radius 1 is 1.31 bits per heavy atom. The molecule has 4 nitrogen and oxygen atoms in total. The molecule has 0 N–H and O–H groups in total. The van der Waals surface area contributed by atoms with Crippen LogP contribution in [0.15, 0.2) is 24.3 Å². The van der Waals surface area contributed by atoms with E-state index in [0.29, 0.717) is 12.6 Å². The lowest BCUT2D eigenvalue weighted by Gasteiger charge is -2.40. The van der Waals surface area contributed by atoms with E-state index in [1.165, 1.54) is 0 Å². The van der Waals surface area contributed by atoms with Crippen LogP contribution >= 0.6 is 11.6 Å². The maximum Gasteiger partial charge on any atom is 0.237 e. The number of nitrogens with zero attached hydrogens (tertiary/aromatic N) is 3. The van der Waals surface area contributed by atoms with Gasteiger partial charge in [-0.25, -0.2) is 0 Å². The molecule has 0 radical (unpaired) electrons. The molecule has 140 valence electrons. The average molecular weight is 374 g/mol. The molecule has 2 aliphatic carbocycles. The third kappa shape index (κ3) is 3.89. The molecule has 1 amide bonds. The summed E-state index contributed by atoms with van der Waals surface area (Å²) in [7, 11) is 1.81. The van der Waals surface area contributed by atoms with Gasteiger partial charge in [-0.2, -0.15) is 5.26 Å². The average Bonchev–Trinajstić information content (AvgIpc) is 3.50. The van der Waals surface area contributed by atoms with Gasteiger partial charge in [0.2, 0.25) is 5.91 Å². The predicted molar refractivity (Wildman–Crippen MR) is 104 cm³/mol. The molecule has 5 heteroatoms. The van der Waals surface area contributed by atoms with Gasteiger partial charge in [-0.1, -0.05) is 49.1 Å². The molecule has 0 aromatic heterocycles. The smallest absolute Gasteiger partial charge is 0.237 e. The van der Waals surface area contributed by atoms with Crippen molar-refractivity contribution in [1.82, 2.24) is 9.80 Å². The summed E-state index contributed by atoms with van der Waals surface area (Å²) in [6.07, 6.45) is 7.01. The summed E-state index contributed by atoms with van der Waals surface area (Å²) in [4.78, 5) is 17.1. The first-order valence-corrected chi connectivity index (χ1v) is 10.0. The number of carbonyl (C=O) groups is 1. The SMILES string of the molecule is CC(c1ccccc1Cl)N(CC(=O)N(C)C1(C#N)CCCCC1)C1CC1. The first-order chi connectivity index (χ1) is 12.5. The molecule has 2 fully saturated rings. The Labute approximate surface area is 161 Å². The number of halogens is 1. The van der Waals surface area contributed by atoms with Crippen LogP contribution in [0.2, 0.25) is 5.02 Å². The van der Waals surface area contributed by atoms with E-state index in [2.05, 4.69) is 17.9 Å². The van der Waals surface area contributed by atoms with Gasteiger partial charge in [0.1, 0.15) is 5.54 Å².